The summed E-state index contributed by atoms with van der Waals surface area (Å²) in [4.78, 5) is 17.3. The molecule has 0 unspecified atom stereocenters. The molecule has 1 N–H and O–H groups in total. The summed E-state index contributed by atoms with van der Waals surface area (Å²) in [6, 6.07) is 15.7. The Kier molecular flexibility index (Phi) is 4.93. The molecule has 0 aliphatic rings. The Labute approximate surface area is 147 Å². The Morgan fingerprint density at radius 1 is 1.12 bits per heavy atom. The van der Waals surface area contributed by atoms with Gasteiger partial charge in [-0.3, -0.25) is 14.5 Å². The van der Waals surface area contributed by atoms with Crippen LogP contribution in [0.25, 0.3) is 0 Å². The van der Waals surface area contributed by atoms with Crippen molar-refractivity contribution in [2.24, 2.45) is 7.05 Å². The van der Waals surface area contributed by atoms with Gasteiger partial charge >= 0.3 is 0 Å². The quantitative estimate of drug-likeness (QED) is 0.780. The van der Waals surface area contributed by atoms with E-state index in [1.54, 1.807) is 10.9 Å². The second kappa shape index (κ2) is 7.30. The lowest BCUT2D eigenvalue weighted by Gasteiger charge is -2.19. The first-order valence-electron chi connectivity index (χ1n) is 8.32. The van der Waals surface area contributed by atoms with E-state index in [0.717, 1.165) is 22.6 Å². The molecule has 0 fully saturated rings. The van der Waals surface area contributed by atoms with Crippen LogP contribution in [-0.2, 0) is 13.5 Å². The van der Waals surface area contributed by atoms with Gasteiger partial charge in [-0.05, 0) is 31.5 Å². The normalized spacial score (nSPS) is 12.0. The highest BCUT2D eigenvalue weighted by molar-refractivity contribution is 5.96. The standard InChI is InChI=1S/C20H22N4O/c1-14-19(15(2)24(3)23-14)20(25)22-18(16-9-5-4-6-10-16)13-17-11-7-8-12-21-17/h4-12,18H,13H2,1-3H3,(H,22,25)/t18-/m1/s1. The number of aryl methyl sites for hydroxylation is 2. The van der Waals surface area contributed by atoms with E-state index in [2.05, 4.69) is 15.4 Å². The highest BCUT2D eigenvalue weighted by Crippen LogP contribution is 2.20. The second-order valence-corrected chi connectivity index (χ2v) is 6.13. The number of amides is 1. The second-order valence-electron chi connectivity index (χ2n) is 6.13. The van der Waals surface area contributed by atoms with Gasteiger partial charge in [-0.25, -0.2) is 0 Å². The minimum absolute atomic E-state index is 0.104. The third-order valence-electron chi connectivity index (χ3n) is 4.38. The molecule has 0 spiro atoms. The molecule has 25 heavy (non-hydrogen) atoms. The van der Waals surface area contributed by atoms with E-state index in [0.29, 0.717) is 12.0 Å². The van der Waals surface area contributed by atoms with Gasteiger partial charge < -0.3 is 5.32 Å². The average molecular weight is 334 g/mol. The lowest BCUT2D eigenvalue weighted by Crippen LogP contribution is -2.31. The third-order valence-corrected chi connectivity index (χ3v) is 4.38. The van der Waals surface area contributed by atoms with Crippen molar-refractivity contribution >= 4 is 5.91 Å². The van der Waals surface area contributed by atoms with Crippen LogP contribution >= 0.6 is 0 Å². The molecule has 3 rings (SSSR count). The molecule has 1 atom stereocenters. The summed E-state index contributed by atoms with van der Waals surface area (Å²) in [5.74, 6) is -0.104. The predicted octanol–water partition coefficient (Wildman–Crippen LogP) is 3.15. The first kappa shape index (κ1) is 16.9. The number of hydrogen-bond donors (Lipinski definition) is 1. The van der Waals surface area contributed by atoms with Crippen LogP contribution in [0.15, 0.2) is 54.7 Å². The van der Waals surface area contributed by atoms with Crippen LogP contribution in [0, 0.1) is 13.8 Å². The van der Waals surface area contributed by atoms with Gasteiger partial charge in [-0.1, -0.05) is 36.4 Å². The van der Waals surface area contributed by atoms with Gasteiger partial charge in [-0.2, -0.15) is 5.10 Å². The number of nitrogens with zero attached hydrogens (tertiary/aromatic N) is 3. The van der Waals surface area contributed by atoms with Gasteiger partial charge in [0.05, 0.1) is 17.3 Å². The van der Waals surface area contributed by atoms with Crippen molar-refractivity contribution in [1.82, 2.24) is 20.1 Å². The summed E-state index contributed by atoms with van der Waals surface area (Å²) < 4.78 is 1.74. The molecule has 0 radical (unpaired) electrons. The predicted molar refractivity (Wildman–Crippen MR) is 97.3 cm³/mol. The fraction of sp³-hybridized carbons (Fsp3) is 0.250. The highest BCUT2D eigenvalue weighted by Gasteiger charge is 2.22. The molecule has 0 aliphatic heterocycles. The van der Waals surface area contributed by atoms with Gasteiger partial charge in [0.25, 0.3) is 5.91 Å². The van der Waals surface area contributed by atoms with Crippen molar-refractivity contribution in [1.29, 1.82) is 0 Å². The largest absolute Gasteiger partial charge is 0.345 e. The molecule has 0 saturated carbocycles. The smallest absolute Gasteiger partial charge is 0.255 e. The summed E-state index contributed by atoms with van der Waals surface area (Å²) in [6.07, 6.45) is 2.41. The van der Waals surface area contributed by atoms with Crippen LogP contribution in [0.3, 0.4) is 0 Å². The van der Waals surface area contributed by atoms with Gasteiger partial charge in [0.2, 0.25) is 0 Å². The van der Waals surface area contributed by atoms with Crippen LogP contribution in [0.1, 0.15) is 39.0 Å². The molecule has 0 saturated heterocycles. The van der Waals surface area contributed by atoms with E-state index in [-0.39, 0.29) is 11.9 Å². The lowest BCUT2D eigenvalue weighted by molar-refractivity contribution is 0.0935. The Morgan fingerprint density at radius 2 is 1.84 bits per heavy atom. The monoisotopic (exact) mass is 334 g/mol. The first-order chi connectivity index (χ1) is 12.1. The number of rotatable bonds is 5. The number of nitrogens with one attached hydrogen (secondary N) is 1. The molecule has 3 aromatic rings. The molecular formula is C20H22N4O. The number of hydrogen-bond acceptors (Lipinski definition) is 3. The zero-order valence-electron chi connectivity index (χ0n) is 14.7. The molecule has 0 aliphatic carbocycles. The Balaban J connectivity index is 1.88. The van der Waals surface area contributed by atoms with Crippen LogP contribution in [0.4, 0.5) is 0 Å². The Hall–Kier alpha value is -2.95. The van der Waals surface area contributed by atoms with Crippen molar-refractivity contribution in [3.63, 3.8) is 0 Å². The molecule has 1 amide bonds. The maximum Gasteiger partial charge on any atom is 0.255 e. The Morgan fingerprint density at radius 3 is 2.44 bits per heavy atom. The zero-order valence-corrected chi connectivity index (χ0v) is 14.7. The van der Waals surface area contributed by atoms with E-state index >= 15 is 0 Å². The summed E-state index contributed by atoms with van der Waals surface area (Å²) in [5.41, 5.74) is 4.24. The molecule has 5 nitrogen and oxygen atoms in total. The molecule has 1 aromatic carbocycles. The Bertz CT molecular complexity index is 856. The van der Waals surface area contributed by atoms with Crippen molar-refractivity contribution in [2.45, 2.75) is 26.3 Å². The van der Waals surface area contributed by atoms with Crippen LogP contribution in [0.2, 0.25) is 0 Å². The zero-order chi connectivity index (χ0) is 17.8. The fourth-order valence-corrected chi connectivity index (χ4v) is 3.00. The average Bonchev–Trinajstić information content (AvgIpc) is 2.88. The van der Waals surface area contributed by atoms with E-state index in [9.17, 15) is 4.79 Å². The molecule has 128 valence electrons. The molecular weight excluding hydrogens is 312 g/mol. The SMILES string of the molecule is Cc1nn(C)c(C)c1C(=O)N[C@H](Cc1ccccn1)c1ccccc1. The number of carbonyl (C=O) groups excluding carboxylic acids is 1. The molecule has 5 heteroatoms. The fourth-order valence-electron chi connectivity index (χ4n) is 3.00. The van der Waals surface area contributed by atoms with E-state index in [4.69, 9.17) is 0 Å². The third kappa shape index (κ3) is 3.76. The van der Waals surface area contributed by atoms with E-state index in [1.807, 2.05) is 69.4 Å². The number of aromatic nitrogens is 3. The summed E-state index contributed by atoms with van der Waals surface area (Å²) >= 11 is 0. The van der Waals surface area contributed by atoms with Crippen LogP contribution in [0.5, 0.6) is 0 Å². The van der Waals surface area contributed by atoms with Gasteiger partial charge in [0.1, 0.15) is 0 Å². The minimum atomic E-state index is -0.150. The van der Waals surface area contributed by atoms with Crippen molar-refractivity contribution < 1.29 is 4.79 Å². The molecule has 2 aromatic heterocycles. The highest BCUT2D eigenvalue weighted by atomic mass is 16.1. The number of carbonyl (C=O) groups is 1. The van der Waals surface area contributed by atoms with E-state index < -0.39 is 0 Å². The summed E-state index contributed by atoms with van der Waals surface area (Å²) in [6.45, 7) is 3.77. The van der Waals surface area contributed by atoms with Gasteiger partial charge in [-0.15, -0.1) is 0 Å². The summed E-state index contributed by atoms with van der Waals surface area (Å²) in [5, 5.41) is 7.50. The van der Waals surface area contributed by atoms with Crippen LogP contribution in [-0.4, -0.2) is 20.7 Å². The minimum Gasteiger partial charge on any atom is -0.345 e. The number of benzene rings is 1. The lowest BCUT2D eigenvalue weighted by atomic mass is 10.0. The van der Waals surface area contributed by atoms with E-state index in [1.165, 1.54) is 0 Å². The maximum absolute atomic E-state index is 12.9. The molecule has 2 heterocycles. The summed E-state index contributed by atoms with van der Waals surface area (Å²) in [7, 11) is 1.85. The number of pyridine rings is 1. The van der Waals surface area contributed by atoms with Gasteiger partial charge in [0, 0.05) is 31.1 Å². The van der Waals surface area contributed by atoms with Crippen molar-refractivity contribution in [3.8, 4) is 0 Å². The first-order valence-corrected chi connectivity index (χ1v) is 8.32. The van der Waals surface area contributed by atoms with Crippen molar-refractivity contribution in [2.75, 3.05) is 0 Å². The maximum atomic E-state index is 12.9. The van der Waals surface area contributed by atoms with Gasteiger partial charge in [0.15, 0.2) is 0 Å². The topological polar surface area (TPSA) is 59.8 Å². The molecule has 0 bridgehead atoms. The van der Waals surface area contributed by atoms with Crippen LogP contribution < -0.4 is 5.32 Å². The van der Waals surface area contributed by atoms with Crippen molar-refractivity contribution in [3.05, 3.63) is 82.9 Å².